The molecule has 43 heavy (non-hydrogen) atoms. The van der Waals surface area contributed by atoms with Gasteiger partial charge in [-0.05, 0) is 79.8 Å². The van der Waals surface area contributed by atoms with Gasteiger partial charge in [0.15, 0.2) is 5.13 Å². The van der Waals surface area contributed by atoms with Crippen LogP contribution in [0.5, 0.6) is 5.75 Å². The number of aliphatic hydroxyl groups excluding tert-OH is 1. The summed E-state index contributed by atoms with van der Waals surface area (Å²) in [6.45, 7) is 10.1. The summed E-state index contributed by atoms with van der Waals surface area (Å²) in [5, 5.41) is 19.3. The van der Waals surface area contributed by atoms with Crippen LogP contribution in [-0.2, 0) is 24.2 Å². The van der Waals surface area contributed by atoms with Crippen molar-refractivity contribution in [2.45, 2.75) is 78.4 Å². The number of benzene rings is 2. The number of carbonyl (C=O) groups is 1. The van der Waals surface area contributed by atoms with E-state index >= 15 is 4.39 Å². The Morgan fingerprint density at radius 3 is 2.58 bits per heavy atom. The van der Waals surface area contributed by atoms with Crippen LogP contribution in [0, 0.1) is 18.7 Å². The van der Waals surface area contributed by atoms with Gasteiger partial charge in [0.2, 0.25) is 0 Å². The van der Waals surface area contributed by atoms with Crippen LogP contribution in [-0.4, -0.2) is 65.4 Å². The maximum absolute atomic E-state index is 15.3. The lowest BCUT2D eigenvalue weighted by Gasteiger charge is -2.29. The molecule has 9 heteroatoms. The molecule has 3 aromatic rings. The summed E-state index contributed by atoms with van der Waals surface area (Å²) in [5.74, 6) is -0.332. The van der Waals surface area contributed by atoms with Crippen molar-refractivity contribution in [2.24, 2.45) is 5.92 Å². The number of para-hydroxylation sites is 1. The molecule has 2 N–H and O–H groups in total. The number of nitrogens with zero attached hydrogens (tertiary/aromatic N) is 3. The summed E-state index contributed by atoms with van der Waals surface area (Å²) >= 11 is 1.57. The number of ether oxygens (including phenoxy) is 1. The second-order valence-corrected chi connectivity index (χ2v) is 12.3. The highest BCUT2D eigenvalue weighted by molar-refractivity contribution is 7.14. The van der Waals surface area contributed by atoms with Gasteiger partial charge < -0.3 is 19.8 Å². The summed E-state index contributed by atoms with van der Waals surface area (Å²) < 4.78 is 21.7. The van der Waals surface area contributed by atoms with Crippen molar-refractivity contribution in [3.8, 4) is 17.0 Å². The molecule has 2 aliphatic heterocycles. The average molecular weight is 612 g/mol. The molecule has 7 nitrogen and oxygen atoms in total. The molecule has 1 unspecified atom stereocenters. The summed E-state index contributed by atoms with van der Waals surface area (Å²) in [4.78, 5) is 21.0. The number of carboxylic acids is 1. The third kappa shape index (κ3) is 7.94. The van der Waals surface area contributed by atoms with E-state index in [1.54, 1.807) is 17.4 Å². The Labute approximate surface area is 259 Å². The van der Waals surface area contributed by atoms with E-state index in [9.17, 15) is 9.90 Å². The number of aryl methyl sites for hydroxylation is 1. The van der Waals surface area contributed by atoms with Gasteiger partial charge in [0.05, 0.1) is 11.6 Å². The number of aliphatic hydroxyl groups is 1. The minimum atomic E-state index is -0.709. The summed E-state index contributed by atoms with van der Waals surface area (Å²) in [7, 11) is 1.00. The lowest BCUT2D eigenvalue weighted by Crippen LogP contribution is -2.36. The first kappa shape index (κ1) is 32.9. The largest absolute Gasteiger partial charge is 0.488 e. The molecule has 0 spiro atoms. The Balaban J connectivity index is 0.00000207. The number of hydrogen-bond acceptors (Lipinski definition) is 7. The Morgan fingerprint density at radius 2 is 1.88 bits per heavy atom. The number of fused-ring (bicyclic) bond motifs is 1. The number of aromatic nitrogens is 1. The summed E-state index contributed by atoms with van der Waals surface area (Å²) in [6, 6.07) is 10.4. The first-order valence-electron chi connectivity index (χ1n) is 15.5. The van der Waals surface area contributed by atoms with Gasteiger partial charge in [-0.3, -0.25) is 9.69 Å². The van der Waals surface area contributed by atoms with E-state index in [4.69, 9.17) is 14.8 Å². The molecule has 5 rings (SSSR count). The molecular weight excluding hydrogens is 565 g/mol. The molecule has 234 valence electrons. The summed E-state index contributed by atoms with van der Waals surface area (Å²) in [6.07, 6.45) is 6.38. The predicted molar refractivity (Wildman–Crippen MR) is 172 cm³/mol. The van der Waals surface area contributed by atoms with Gasteiger partial charge >= 0.3 is 5.97 Å². The highest BCUT2D eigenvalue weighted by Gasteiger charge is 2.26. The molecule has 0 radical (unpaired) electrons. The van der Waals surface area contributed by atoms with Crippen LogP contribution < -0.4 is 9.64 Å². The normalized spacial score (nSPS) is 16.6. The number of halogens is 1. The van der Waals surface area contributed by atoms with Crippen molar-refractivity contribution < 1.29 is 24.1 Å². The quantitative estimate of drug-likeness (QED) is 0.263. The number of aliphatic carboxylic acids is 1. The van der Waals surface area contributed by atoms with Gasteiger partial charge in [0, 0.05) is 50.3 Å². The maximum Gasteiger partial charge on any atom is 0.306 e. The van der Waals surface area contributed by atoms with Crippen LogP contribution >= 0.6 is 11.3 Å². The predicted octanol–water partition coefficient (Wildman–Crippen LogP) is 6.73. The van der Waals surface area contributed by atoms with Crippen molar-refractivity contribution in [1.29, 1.82) is 0 Å². The van der Waals surface area contributed by atoms with E-state index in [1.807, 2.05) is 30.5 Å². The van der Waals surface area contributed by atoms with E-state index in [0.29, 0.717) is 38.6 Å². The van der Waals surface area contributed by atoms with E-state index in [0.717, 1.165) is 83.9 Å². The fourth-order valence-corrected chi connectivity index (χ4v) is 7.25. The standard InChI is InChI=1S/C33H42FN3O3S.CH4O/c1-4-7-26(5-2)36-14-12-25-18-23(19-29(34)27(25)13-17-36)20-40-31-22(3)8-6-9-28(31)30-21-41-33(35-30)37-15-10-24(11-16-37)32(38)39;1-2/h6,8-9,18-19,21,24,26H,4-5,7,10-17,20H2,1-3H3,(H,38,39);2H,1H3. The molecule has 3 heterocycles. The zero-order valence-electron chi connectivity index (χ0n) is 25.9. The van der Waals surface area contributed by atoms with Gasteiger partial charge in [-0.15, -0.1) is 11.3 Å². The fourth-order valence-electron chi connectivity index (χ4n) is 6.37. The lowest BCUT2D eigenvalue weighted by molar-refractivity contribution is -0.142. The summed E-state index contributed by atoms with van der Waals surface area (Å²) in [5.41, 5.74) is 5.59. The number of thiazole rings is 1. The average Bonchev–Trinajstić information content (AvgIpc) is 3.41. The highest BCUT2D eigenvalue weighted by Crippen LogP contribution is 2.37. The monoisotopic (exact) mass is 611 g/mol. The van der Waals surface area contributed by atoms with Crippen molar-refractivity contribution in [3.05, 3.63) is 63.8 Å². The molecule has 2 aromatic carbocycles. The van der Waals surface area contributed by atoms with E-state index in [2.05, 4.69) is 29.7 Å². The number of piperidine rings is 1. The fraction of sp³-hybridized carbons (Fsp3) is 0.529. The minimum Gasteiger partial charge on any atom is -0.488 e. The molecule has 2 aliphatic rings. The number of rotatable bonds is 10. The van der Waals surface area contributed by atoms with Crippen LogP contribution in [0.1, 0.15) is 68.2 Å². The smallest absolute Gasteiger partial charge is 0.306 e. The van der Waals surface area contributed by atoms with Crippen LogP contribution in [0.15, 0.2) is 35.7 Å². The maximum atomic E-state index is 15.3. The zero-order chi connectivity index (χ0) is 30.9. The molecule has 1 fully saturated rings. The van der Waals surface area contributed by atoms with Crippen molar-refractivity contribution in [2.75, 3.05) is 38.2 Å². The van der Waals surface area contributed by atoms with Crippen LogP contribution in [0.25, 0.3) is 11.3 Å². The topological polar surface area (TPSA) is 86.1 Å². The first-order chi connectivity index (χ1) is 20.9. The minimum absolute atomic E-state index is 0.118. The third-order valence-electron chi connectivity index (χ3n) is 8.75. The lowest BCUT2D eigenvalue weighted by atomic mass is 9.97. The Kier molecular flexibility index (Phi) is 12.0. The van der Waals surface area contributed by atoms with Gasteiger partial charge in [-0.2, -0.15) is 0 Å². The van der Waals surface area contributed by atoms with Crippen LogP contribution in [0.4, 0.5) is 9.52 Å². The molecule has 0 aliphatic carbocycles. The molecule has 1 aromatic heterocycles. The number of carboxylic acid groups (broad SMARTS) is 1. The van der Waals surface area contributed by atoms with E-state index < -0.39 is 5.97 Å². The third-order valence-corrected chi connectivity index (χ3v) is 9.65. The number of hydrogen-bond donors (Lipinski definition) is 2. The van der Waals surface area contributed by atoms with Crippen LogP contribution in [0.2, 0.25) is 0 Å². The zero-order valence-corrected chi connectivity index (χ0v) is 26.8. The molecule has 0 saturated carbocycles. The van der Waals surface area contributed by atoms with Crippen molar-refractivity contribution in [1.82, 2.24) is 9.88 Å². The van der Waals surface area contributed by atoms with Crippen molar-refractivity contribution in [3.63, 3.8) is 0 Å². The highest BCUT2D eigenvalue weighted by atomic mass is 32.1. The Bertz CT molecular complexity index is 1360. The molecular formula is C34H46FN3O4S. The Morgan fingerprint density at radius 1 is 1.14 bits per heavy atom. The Hall–Kier alpha value is -3.01. The SMILES string of the molecule is CCCC(CC)N1CCc2cc(COc3c(C)cccc3-c3csc(N4CCC(C(=O)O)CC4)n3)cc(F)c2CC1.CO. The molecule has 0 bridgehead atoms. The van der Waals surface area contributed by atoms with E-state index in [-0.39, 0.29) is 11.7 Å². The van der Waals surface area contributed by atoms with Crippen LogP contribution in [0.3, 0.4) is 0 Å². The van der Waals surface area contributed by atoms with Crippen molar-refractivity contribution >= 4 is 22.4 Å². The second kappa shape index (κ2) is 15.6. The molecule has 1 saturated heterocycles. The van der Waals surface area contributed by atoms with Gasteiger partial charge in [-0.25, -0.2) is 9.37 Å². The first-order valence-corrected chi connectivity index (χ1v) is 16.4. The van der Waals surface area contributed by atoms with Gasteiger partial charge in [0.1, 0.15) is 18.2 Å². The van der Waals surface area contributed by atoms with E-state index in [1.165, 1.54) is 12.8 Å². The molecule has 0 amide bonds. The van der Waals surface area contributed by atoms with Gasteiger partial charge in [-0.1, -0.05) is 38.5 Å². The van der Waals surface area contributed by atoms with Gasteiger partial charge in [0.25, 0.3) is 0 Å². The second-order valence-electron chi connectivity index (χ2n) is 11.5. The number of anilines is 1. The molecule has 1 atom stereocenters.